The van der Waals surface area contributed by atoms with E-state index in [2.05, 4.69) is 24.1 Å². The van der Waals surface area contributed by atoms with E-state index in [0.29, 0.717) is 6.54 Å². The van der Waals surface area contributed by atoms with E-state index in [-0.39, 0.29) is 5.91 Å². The molecule has 0 saturated carbocycles. The molecule has 5 nitrogen and oxygen atoms in total. The molecule has 1 amide bonds. The van der Waals surface area contributed by atoms with Gasteiger partial charge in [-0.1, -0.05) is 13.8 Å². The van der Waals surface area contributed by atoms with Crippen LogP contribution >= 0.6 is 0 Å². The summed E-state index contributed by atoms with van der Waals surface area (Å²) in [6.45, 7) is 12.0. The van der Waals surface area contributed by atoms with Gasteiger partial charge in [0.2, 0.25) is 5.91 Å². The third kappa shape index (κ3) is 6.89. The molecule has 0 aliphatic carbocycles. The highest BCUT2D eigenvalue weighted by atomic mass is 16.5. The Balaban J connectivity index is 2.10. The second-order valence-electron chi connectivity index (χ2n) is 5.01. The highest BCUT2D eigenvalue weighted by Gasteiger charge is 2.12. The number of carbonyl (C=O) groups is 1. The molecule has 0 aromatic rings. The van der Waals surface area contributed by atoms with Crippen LogP contribution in [0.2, 0.25) is 0 Å². The summed E-state index contributed by atoms with van der Waals surface area (Å²) in [5.41, 5.74) is 0. The number of amides is 1. The molecule has 1 N–H and O–H groups in total. The lowest BCUT2D eigenvalue weighted by atomic mass is 10.3. The minimum atomic E-state index is 0.227. The van der Waals surface area contributed by atoms with Gasteiger partial charge in [0.1, 0.15) is 0 Å². The van der Waals surface area contributed by atoms with Crippen LogP contribution in [-0.4, -0.2) is 74.7 Å². The lowest BCUT2D eigenvalue weighted by molar-refractivity contribution is -0.130. The Bertz CT molecular complexity index is 237. The first-order valence-electron chi connectivity index (χ1n) is 7.56. The van der Waals surface area contributed by atoms with Gasteiger partial charge in [-0.25, -0.2) is 0 Å². The predicted molar refractivity (Wildman–Crippen MR) is 77.3 cm³/mol. The van der Waals surface area contributed by atoms with Crippen LogP contribution in [0.5, 0.6) is 0 Å². The summed E-state index contributed by atoms with van der Waals surface area (Å²) in [5, 5.41) is 3.26. The number of hydrogen-bond donors (Lipinski definition) is 1. The van der Waals surface area contributed by atoms with E-state index in [4.69, 9.17) is 4.74 Å². The Hall–Kier alpha value is -0.650. The van der Waals surface area contributed by atoms with Crippen LogP contribution in [0.3, 0.4) is 0 Å². The molecule has 0 radical (unpaired) electrons. The number of ether oxygens (including phenoxy) is 1. The maximum Gasteiger partial charge on any atom is 0.236 e. The first-order valence-corrected chi connectivity index (χ1v) is 7.56. The van der Waals surface area contributed by atoms with Gasteiger partial charge >= 0.3 is 0 Å². The first kappa shape index (κ1) is 16.4. The van der Waals surface area contributed by atoms with Crippen molar-refractivity contribution in [2.24, 2.45) is 0 Å². The second kappa shape index (κ2) is 10.2. The highest BCUT2D eigenvalue weighted by Crippen LogP contribution is 1.96. The Morgan fingerprint density at radius 3 is 2.42 bits per heavy atom. The van der Waals surface area contributed by atoms with Gasteiger partial charge in [-0.15, -0.1) is 0 Å². The number of nitrogens with zero attached hydrogens (tertiary/aromatic N) is 2. The van der Waals surface area contributed by atoms with E-state index in [0.717, 1.165) is 65.3 Å². The molecule has 0 unspecified atom stereocenters. The molecule has 0 bridgehead atoms. The van der Waals surface area contributed by atoms with E-state index in [9.17, 15) is 4.79 Å². The summed E-state index contributed by atoms with van der Waals surface area (Å²) in [6, 6.07) is 0. The van der Waals surface area contributed by atoms with Gasteiger partial charge in [0, 0.05) is 39.3 Å². The van der Waals surface area contributed by atoms with Crippen molar-refractivity contribution in [2.75, 3.05) is 59.0 Å². The summed E-state index contributed by atoms with van der Waals surface area (Å²) in [4.78, 5) is 16.3. The Labute approximate surface area is 117 Å². The van der Waals surface area contributed by atoms with Crippen molar-refractivity contribution in [3.63, 3.8) is 0 Å². The summed E-state index contributed by atoms with van der Waals surface area (Å²) in [5.74, 6) is 0.227. The van der Waals surface area contributed by atoms with E-state index in [1.807, 2.05) is 4.90 Å². The van der Waals surface area contributed by atoms with Gasteiger partial charge in [-0.3, -0.25) is 9.69 Å². The van der Waals surface area contributed by atoms with E-state index in [1.54, 1.807) is 0 Å². The SMILES string of the molecule is CCCN(CCC)C(=O)CNCCN1CCOCC1. The van der Waals surface area contributed by atoms with E-state index < -0.39 is 0 Å². The Morgan fingerprint density at radius 2 is 1.84 bits per heavy atom. The molecule has 1 aliphatic heterocycles. The van der Waals surface area contributed by atoms with Crippen LogP contribution < -0.4 is 5.32 Å². The highest BCUT2D eigenvalue weighted by molar-refractivity contribution is 5.78. The number of rotatable bonds is 9. The largest absolute Gasteiger partial charge is 0.379 e. The Kier molecular flexibility index (Phi) is 8.79. The van der Waals surface area contributed by atoms with Crippen molar-refractivity contribution in [3.05, 3.63) is 0 Å². The standard InChI is InChI=1S/C14H29N3O2/c1-3-6-17(7-4-2)14(18)13-15-5-8-16-9-11-19-12-10-16/h15H,3-13H2,1-2H3. The molecule has 0 spiro atoms. The fraction of sp³-hybridized carbons (Fsp3) is 0.929. The maximum absolute atomic E-state index is 12.0. The van der Waals surface area contributed by atoms with Crippen LogP contribution in [0.1, 0.15) is 26.7 Å². The summed E-state index contributed by atoms with van der Waals surface area (Å²) in [7, 11) is 0. The van der Waals surface area contributed by atoms with Gasteiger partial charge in [-0.05, 0) is 12.8 Å². The molecule has 0 aromatic carbocycles. The lowest BCUT2D eigenvalue weighted by Gasteiger charge is -2.27. The zero-order chi connectivity index (χ0) is 13.9. The molecule has 5 heteroatoms. The van der Waals surface area contributed by atoms with Crippen LogP contribution in [0.25, 0.3) is 0 Å². The number of carbonyl (C=O) groups excluding carboxylic acids is 1. The smallest absolute Gasteiger partial charge is 0.236 e. The molecule has 19 heavy (non-hydrogen) atoms. The average molecular weight is 271 g/mol. The third-order valence-electron chi connectivity index (χ3n) is 3.32. The summed E-state index contributed by atoms with van der Waals surface area (Å²) in [6.07, 6.45) is 2.05. The monoisotopic (exact) mass is 271 g/mol. The van der Waals surface area contributed by atoms with Gasteiger partial charge in [-0.2, -0.15) is 0 Å². The van der Waals surface area contributed by atoms with Crippen molar-refractivity contribution >= 4 is 5.91 Å². The summed E-state index contributed by atoms with van der Waals surface area (Å²) >= 11 is 0. The van der Waals surface area contributed by atoms with Crippen molar-refractivity contribution in [3.8, 4) is 0 Å². The minimum Gasteiger partial charge on any atom is -0.379 e. The fourth-order valence-corrected chi connectivity index (χ4v) is 2.27. The quantitative estimate of drug-likeness (QED) is 0.622. The van der Waals surface area contributed by atoms with Gasteiger partial charge in [0.25, 0.3) is 0 Å². The van der Waals surface area contributed by atoms with E-state index in [1.165, 1.54) is 0 Å². The molecule has 0 atom stereocenters. The molecule has 1 aliphatic rings. The number of morpholine rings is 1. The van der Waals surface area contributed by atoms with Crippen LogP contribution in [0.4, 0.5) is 0 Å². The van der Waals surface area contributed by atoms with Crippen molar-refractivity contribution in [1.29, 1.82) is 0 Å². The zero-order valence-corrected chi connectivity index (χ0v) is 12.5. The Morgan fingerprint density at radius 1 is 1.21 bits per heavy atom. The molecule has 1 heterocycles. The predicted octanol–water partition coefficient (Wildman–Crippen LogP) is 0.557. The first-order chi connectivity index (χ1) is 9.27. The topological polar surface area (TPSA) is 44.8 Å². The fourth-order valence-electron chi connectivity index (χ4n) is 2.27. The van der Waals surface area contributed by atoms with Crippen molar-refractivity contribution < 1.29 is 9.53 Å². The molecule has 1 fully saturated rings. The normalized spacial score (nSPS) is 16.5. The van der Waals surface area contributed by atoms with Gasteiger partial charge in [0.15, 0.2) is 0 Å². The van der Waals surface area contributed by atoms with Crippen LogP contribution in [-0.2, 0) is 9.53 Å². The molecule has 1 rings (SSSR count). The maximum atomic E-state index is 12.0. The molecule has 112 valence electrons. The molecular formula is C14H29N3O2. The average Bonchev–Trinajstić information content (AvgIpc) is 2.44. The van der Waals surface area contributed by atoms with Gasteiger partial charge < -0.3 is 15.0 Å². The lowest BCUT2D eigenvalue weighted by Crippen LogP contribution is -2.43. The zero-order valence-electron chi connectivity index (χ0n) is 12.5. The number of nitrogens with one attached hydrogen (secondary N) is 1. The molecule has 0 aromatic heterocycles. The third-order valence-corrected chi connectivity index (χ3v) is 3.32. The van der Waals surface area contributed by atoms with Gasteiger partial charge in [0.05, 0.1) is 19.8 Å². The molecular weight excluding hydrogens is 242 g/mol. The van der Waals surface area contributed by atoms with Crippen molar-refractivity contribution in [1.82, 2.24) is 15.1 Å². The van der Waals surface area contributed by atoms with E-state index >= 15 is 0 Å². The van der Waals surface area contributed by atoms with Crippen LogP contribution in [0.15, 0.2) is 0 Å². The molecule has 1 saturated heterocycles. The minimum absolute atomic E-state index is 0.227. The van der Waals surface area contributed by atoms with Crippen molar-refractivity contribution in [2.45, 2.75) is 26.7 Å². The summed E-state index contributed by atoms with van der Waals surface area (Å²) < 4.78 is 5.31. The van der Waals surface area contributed by atoms with Crippen LogP contribution in [0, 0.1) is 0 Å². The number of hydrogen-bond acceptors (Lipinski definition) is 4. The second-order valence-corrected chi connectivity index (χ2v) is 5.01.